The first-order chi connectivity index (χ1) is 9.10. The van der Waals surface area contributed by atoms with Gasteiger partial charge < -0.3 is 10.2 Å². The van der Waals surface area contributed by atoms with Crippen LogP contribution in [0.25, 0.3) is 0 Å². The lowest BCUT2D eigenvalue weighted by Crippen LogP contribution is -2.35. The van der Waals surface area contributed by atoms with Crippen LogP contribution in [-0.4, -0.2) is 19.6 Å². The summed E-state index contributed by atoms with van der Waals surface area (Å²) in [6.07, 6.45) is 4.30. The predicted molar refractivity (Wildman–Crippen MR) is 72.4 cm³/mol. The molecular weight excluding hydrogens is 246 g/mol. The van der Waals surface area contributed by atoms with Crippen molar-refractivity contribution in [2.24, 2.45) is 0 Å². The predicted octanol–water partition coefficient (Wildman–Crippen LogP) is 3.16. The van der Waals surface area contributed by atoms with Crippen LogP contribution in [0.3, 0.4) is 0 Å². The molecule has 0 aliphatic carbocycles. The van der Waals surface area contributed by atoms with E-state index >= 15 is 0 Å². The molecule has 0 amide bonds. The Morgan fingerprint density at radius 2 is 1.79 bits per heavy atom. The van der Waals surface area contributed by atoms with E-state index in [0.29, 0.717) is 0 Å². The third kappa shape index (κ3) is 2.22. The highest BCUT2D eigenvalue weighted by Crippen LogP contribution is 2.38. The van der Waals surface area contributed by atoms with Gasteiger partial charge in [0, 0.05) is 30.4 Å². The summed E-state index contributed by atoms with van der Waals surface area (Å²) in [4.78, 5) is 2.18. The van der Waals surface area contributed by atoms with Crippen molar-refractivity contribution in [1.82, 2.24) is 5.32 Å². The first-order valence-corrected chi connectivity index (χ1v) is 7.10. The minimum absolute atomic E-state index is 0.230. The Labute approximate surface area is 112 Å². The molecule has 4 heteroatoms. The maximum Gasteiger partial charge on any atom is 0.160 e. The average molecular weight is 266 g/mol. The van der Waals surface area contributed by atoms with Crippen LogP contribution in [-0.2, 0) is 5.54 Å². The molecule has 3 rings (SSSR count). The van der Waals surface area contributed by atoms with E-state index in [4.69, 9.17) is 0 Å². The van der Waals surface area contributed by atoms with Gasteiger partial charge in [-0.1, -0.05) is 0 Å². The third-order valence-electron chi connectivity index (χ3n) is 4.45. The standard InChI is InChI=1S/C15H20F2N2/c1-15(5-4-6-18-15)11-9-12(16)13(17)10-14(11)19-7-2-3-8-19/h9-10,18H,2-8H2,1H3. The molecule has 0 spiro atoms. The first kappa shape index (κ1) is 12.9. The van der Waals surface area contributed by atoms with Crippen molar-refractivity contribution < 1.29 is 8.78 Å². The molecular formula is C15H20F2N2. The van der Waals surface area contributed by atoms with Crippen molar-refractivity contribution in [2.45, 2.75) is 38.1 Å². The molecule has 2 fully saturated rings. The number of hydrogen-bond donors (Lipinski definition) is 1. The van der Waals surface area contributed by atoms with Gasteiger partial charge in [0.15, 0.2) is 11.6 Å². The van der Waals surface area contributed by atoms with E-state index in [-0.39, 0.29) is 5.54 Å². The van der Waals surface area contributed by atoms with Crippen molar-refractivity contribution in [3.05, 3.63) is 29.3 Å². The molecule has 1 unspecified atom stereocenters. The SMILES string of the molecule is CC1(c2cc(F)c(F)cc2N2CCCC2)CCCN1. The molecule has 1 aromatic rings. The number of halogens is 2. The van der Waals surface area contributed by atoms with Gasteiger partial charge >= 0.3 is 0 Å². The van der Waals surface area contributed by atoms with Crippen molar-refractivity contribution in [1.29, 1.82) is 0 Å². The number of hydrogen-bond acceptors (Lipinski definition) is 2. The van der Waals surface area contributed by atoms with Gasteiger partial charge in [0.25, 0.3) is 0 Å². The van der Waals surface area contributed by atoms with Gasteiger partial charge in [0.1, 0.15) is 0 Å². The molecule has 2 nitrogen and oxygen atoms in total. The van der Waals surface area contributed by atoms with Crippen molar-refractivity contribution in [2.75, 3.05) is 24.5 Å². The maximum absolute atomic E-state index is 13.6. The second-order valence-corrected chi connectivity index (χ2v) is 5.84. The summed E-state index contributed by atoms with van der Waals surface area (Å²) in [5, 5.41) is 3.44. The van der Waals surface area contributed by atoms with E-state index < -0.39 is 11.6 Å². The second-order valence-electron chi connectivity index (χ2n) is 5.84. The number of anilines is 1. The molecule has 0 radical (unpaired) electrons. The molecule has 0 aromatic heterocycles. The van der Waals surface area contributed by atoms with Gasteiger partial charge in [-0.3, -0.25) is 0 Å². The highest BCUT2D eigenvalue weighted by atomic mass is 19.2. The van der Waals surface area contributed by atoms with Gasteiger partial charge in [-0.2, -0.15) is 0 Å². The molecule has 1 aromatic carbocycles. The summed E-state index contributed by atoms with van der Waals surface area (Å²) in [5.41, 5.74) is 1.55. The lowest BCUT2D eigenvalue weighted by atomic mass is 9.88. The minimum atomic E-state index is -0.743. The average Bonchev–Trinajstić information content (AvgIpc) is 3.03. The molecule has 1 N–H and O–H groups in total. The zero-order chi connectivity index (χ0) is 13.5. The zero-order valence-electron chi connectivity index (χ0n) is 11.3. The lowest BCUT2D eigenvalue weighted by Gasteiger charge is -2.31. The molecule has 19 heavy (non-hydrogen) atoms. The second kappa shape index (κ2) is 4.75. The quantitative estimate of drug-likeness (QED) is 0.884. The fourth-order valence-electron chi connectivity index (χ4n) is 3.32. The summed E-state index contributed by atoms with van der Waals surface area (Å²) in [6, 6.07) is 2.77. The Morgan fingerprint density at radius 3 is 2.42 bits per heavy atom. The van der Waals surface area contributed by atoms with Crippen LogP contribution < -0.4 is 10.2 Å². The van der Waals surface area contributed by atoms with E-state index in [2.05, 4.69) is 17.1 Å². The molecule has 2 aliphatic rings. The Morgan fingerprint density at radius 1 is 1.11 bits per heavy atom. The third-order valence-corrected chi connectivity index (χ3v) is 4.45. The van der Waals surface area contributed by atoms with Gasteiger partial charge in [-0.15, -0.1) is 0 Å². The molecule has 0 bridgehead atoms. The topological polar surface area (TPSA) is 15.3 Å². The Hall–Kier alpha value is -1.16. The van der Waals surface area contributed by atoms with Gasteiger partial charge in [0.2, 0.25) is 0 Å². The Kier molecular flexibility index (Phi) is 3.21. The maximum atomic E-state index is 13.6. The number of benzene rings is 1. The summed E-state index contributed by atoms with van der Waals surface area (Å²) in [7, 11) is 0. The van der Waals surface area contributed by atoms with E-state index in [1.165, 1.54) is 12.1 Å². The van der Waals surface area contributed by atoms with Crippen molar-refractivity contribution >= 4 is 5.69 Å². The van der Waals surface area contributed by atoms with Gasteiger partial charge in [-0.05, 0) is 50.8 Å². The first-order valence-electron chi connectivity index (χ1n) is 7.10. The molecule has 104 valence electrons. The highest BCUT2D eigenvalue weighted by Gasteiger charge is 2.34. The van der Waals surface area contributed by atoms with Crippen molar-refractivity contribution in [3.63, 3.8) is 0 Å². The molecule has 0 saturated carbocycles. The monoisotopic (exact) mass is 266 g/mol. The summed E-state index contributed by atoms with van der Waals surface area (Å²) < 4.78 is 27.3. The fourth-order valence-corrected chi connectivity index (χ4v) is 3.32. The molecule has 1 atom stereocenters. The highest BCUT2D eigenvalue weighted by molar-refractivity contribution is 5.58. The minimum Gasteiger partial charge on any atom is -0.371 e. The Balaban J connectivity index is 2.07. The van der Waals surface area contributed by atoms with E-state index in [1.54, 1.807) is 0 Å². The zero-order valence-corrected chi connectivity index (χ0v) is 11.3. The number of nitrogens with one attached hydrogen (secondary N) is 1. The summed E-state index contributed by atoms with van der Waals surface area (Å²) in [5.74, 6) is -1.49. The number of rotatable bonds is 2. The smallest absolute Gasteiger partial charge is 0.160 e. The normalized spacial score (nSPS) is 27.2. The molecule has 2 heterocycles. The largest absolute Gasteiger partial charge is 0.371 e. The van der Waals surface area contributed by atoms with Crippen LogP contribution in [0.2, 0.25) is 0 Å². The van der Waals surface area contributed by atoms with E-state index in [9.17, 15) is 8.78 Å². The van der Waals surface area contributed by atoms with Crippen LogP contribution in [0.4, 0.5) is 14.5 Å². The fraction of sp³-hybridized carbons (Fsp3) is 0.600. The van der Waals surface area contributed by atoms with Crippen LogP contribution >= 0.6 is 0 Å². The Bertz CT molecular complexity index is 475. The van der Waals surface area contributed by atoms with Crippen LogP contribution in [0.15, 0.2) is 12.1 Å². The van der Waals surface area contributed by atoms with E-state index in [0.717, 1.165) is 56.6 Å². The van der Waals surface area contributed by atoms with Crippen LogP contribution in [0.5, 0.6) is 0 Å². The molecule has 2 saturated heterocycles. The lowest BCUT2D eigenvalue weighted by molar-refractivity contribution is 0.426. The number of nitrogens with zero attached hydrogens (tertiary/aromatic N) is 1. The van der Waals surface area contributed by atoms with Gasteiger partial charge in [0.05, 0.1) is 0 Å². The molecule has 2 aliphatic heterocycles. The van der Waals surface area contributed by atoms with Crippen molar-refractivity contribution in [3.8, 4) is 0 Å². The van der Waals surface area contributed by atoms with E-state index in [1.807, 2.05) is 0 Å². The van der Waals surface area contributed by atoms with Gasteiger partial charge in [-0.25, -0.2) is 8.78 Å². The van der Waals surface area contributed by atoms with Crippen LogP contribution in [0.1, 0.15) is 38.2 Å². The summed E-state index contributed by atoms with van der Waals surface area (Å²) >= 11 is 0. The summed E-state index contributed by atoms with van der Waals surface area (Å²) in [6.45, 7) is 4.91. The van der Waals surface area contributed by atoms with Crippen LogP contribution in [0, 0.1) is 11.6 Å².